The highest BCUT2D eigenvalue weighted by Gasteiger charge is 2.38. The van der Waals surface area contributed by atoms with Crippen molar-refractivity contribution in [1.29, 1.82) is 0 Å². The van der Waals surface area contributed by atoms with Crippen LogP contribution in [0.2, 0.25) is 0 Å². The first kappa shape index (κ1) is 10.2. The van der Waals surface area contributed by atoms with Crippen LogP contribution in [0.15, 0.2) is 15.2 Å². The van der Waals surface area contributed by atoms with E-state index in [-0.39, 0.29) is 11.8 Å². The molecule has 2 rings (SSSR count). The average Bonchev–Trinajstić information content (AvgIpc) is 2.74. The highest BCUT2D eigenvalue weighted by Crippen LogP contribution is 2.37. The first-order valence-corrected chi connectivity index (χ1v) is 6.35. The largest absolute Gasteiger partial charge is 0.352 e. The maximum atomic E-state index is 11.5. The number of hydrogen-bond donors (Lipinski definition) is 1. The summed E-state index contributed by atoms with van der Waals surface area (Å²) < 4.78 is 1.11. The molecule has 1 aliphatic carbocycles. The van der Waals surface area contributed by atoms with E-state index in [9.17, 15) is 4.79 Å². The first-order chi connectivity index (χ1) is 6.68. The lowest BCUT2D eigenvalue weighted by atomic mass is 10.3. The predicted molar refractivity (Wildman–Crippen MR) is 61.1 cm³/mol. The quantitative estimate of drug-likeness (QED) is 0.902. The molecule has 0 saturated heterocycles. The summed E-state index contributed by atoms with van der Waals surface area (Å²) >= 11 is 5.09. The van der Waals surface area contributed by atoms with E-state index in [2.05, 4.69) is 28.2 Å². The maximum Gasteiger partial charge on any atom is 0.223 e. The number of carbonyl (C=O) groups excluding carboxylic acids is 1. The van der Waals surface area contributed by atoms with Gasteiger partial charge in [0.05, 0.1) is 3.79 Å². The summed E-state index contributed by atoms with van der Waals surface area (Å²) in [5.41, 5.74) is 1.16. The molecule has 1 aromatic rings. The second-order valence-electron chi connectivity index (χ2n) is 3.76. The van der Waals surface area contributed by atoms with Crippen LogP contribution < -0.4 is 5.32 Å². The third-order valence-electron chi connectivity index (χ3n) is 2.59. The number of hydrogen-bond acceptors (Lipinski definition) is 2. The highest BCUT2D eigenvalue weighted by molar-refractivity contribution is 9.11. The van der Waals surface area contributed by atoms with Gasteiger partial charge in [-0.05, 0) is 45.3 Å². The zero-order chi connectivity index (χ0) is 10.1. The fraction of sp³-hybridized carbons (Fsp3) is 0.500. The van der Waals surface area contributed by atoms with E-state index >= 15 is 0 Å². The number of carbonyl (C=O) groups is 1. The Balaban J connectivity index is 1.83. The van der Waals surface area contributed by atoms with Gasteiger partial charge in [-0.25, -0.2) is 0 Å². The van der Waals surface area contributed by atoms with Crippen molar-refractivity contribution in [2.24, 2.45) is 11.8 Å². The number of nitrogens with one attached hydrogen (secondary N) is 1. The zero-order valence-corrected chi connectivity index (χ0v) is 10.3. The molecule has 1 fully saturated rings. The minimum Gasteiger partial charge on any atom is -0.352 e. The molecule has 0 spiro atoms. The number of amides is 1. The molecular weight excluding hydrogens is 262 g/mol. The van der Waals surface area contributed by atoms with Gasteiger partial charge in [0.25, 0.3) is 0 Å². The monoisotopic (exact) mass is 273 g/mol. The van der Waals surface area contributed by atoms with E-state index in [1.54, 1.807) is 11.3 Å². The van der Waals surface area contributed by atoms with Crippen molar-refractivity contribution in [3.63, 3.8) is 0 Å². The van der Waals surface area contributed by atoms with Crippen molar-refractivity contribution in [2.75, 3.05) is 0 Å². The zero-order valence-electron chi connectivity index (χ0n) is 7.92. The average molecular weight is 274 g/mol. The lowest BCUT2D eigenvalue weighted by molar-refractivity contribution is -0.122. The van der Waals surface area contributed by atoms with Crippen LogP contribution in [0.5, 0.6) is 0 Å². The van der Waals surface area contributed by atoms with Gasteiger partial charge in [0.1, 0.15) is 0 Å². The number of halogens is 1. The van der Waals surface area contributed by atoms with Gasteiger partial charge in [0.15, 0.2) is 0 Å². The molecule has 2 atom stereocenters. The van der Waals surface area contributed by atoms with Crippen LogP contribution in [0.1, 0.15) is 18.9 Å². The van der Waals surface area contributed by atoms with Crippen LogP contribution >= 0.6 is 27.3 Å². The third-order valence-corrected chi connectivity index (χ3v) is 4.40. The van der Waals surface area contributed by atoms with Crippen LogP contribution in [0.3, 0.4) is 0 Å². The van der Waals surface area contributed by atoms with Gasteiger partial charge in [0, 0.05) is 12.5 Å². The Labute approximate surface area is 95.8 Å². The summed E-state index contributed by atoms with van der Waals surface area (Å²) in [6.07, 6.45) is 1.05. The molecule has 1 aromatic heterocycles. The molecular formula is C10H12BrNOS. The molecule has 2 nitrogen and oxygen atoms in total. The van der Waals surface area contributed by atoms with Gasteiger partial charge in [-0.2, -0.15) is 0 Å². The van der Waals surface area contributed by atoms with Gasteiger partial charge in [0.2, 0.25) is 5.91 Å². The van der Waals surface area contributed by atoms with Crippen LogP contribution in [-0.2, 0) is 11.3 Å². The second-order valence-corrected chi connectivity index (χ2v) is 5.99. The third kappa shape index (κ3) is 2.17. The summed E-state index contributed by atoms with van der Waals surface area (Å²) in [5, 5.41) is 4.98. The van der Waals surface area contributed by atoms with E-state index in [1.807, 2.05) is 11.4 Å². The second kappa shape index (κ2) is 4.03. The van der Waals surface area contributed by atoms with Gasteiger partial charge >= 0.3 is 0 Å². The van der Waals surface area contributed by atoms with Crippen molar-refractivity contribution in [3.05, 3.63) is 20.8 Å². The predicted octanol–water partition coefficient (Wildman–Crippen LogP) is 2.78. The molecule has 0 aliphatic heterocycles. The normalized spacial score (nSPS) is 24.7. The maximum absolute atomic E-state index is 11.5. The van der Waals surface area contributed by atoms with Gasteiger partial charge < -0.3 is 5.32 Å². The van der Waals surface area contributed by atoms with E-state index in [4.69, 9.17) is 0 Å². The van der Waals surface area contributed by atoms with Crippen LogP contribution in [0.25, 0.3) is 0 Å². The molecule has 1 N–H and O–H groups in total. The van der Waals surface area contributed by atoms with Crippen molar-refractivity contribution in [3.8, 4) is 0 Å². The lowest BCUT2D eigenvalue weighted by Crippen LogP contribution is -2.24. The summed E-state index contributed by atoms with van der Waals surface area (Å²) in [7, 11) is 0. The lowest BCUT2D eigenvalue weighted by Gasteiger charge is -2.02. The van der Waals surface area contributed by atoms with Crippen molar-refractivity contribution in [1.82, 2.24) is 5.32 Å². The number of thiophene rings is 1. The molecule has 1 saturated carbocycles. The highest BCUT2D eigenvalue weighted by atomic mass is 79.9. The number of rotatable bonds is 3. The fourth-order valence-corrected chi connectivity index (χ4v) is 2.69. The molecule has 14 heavy (non-hydrogen) atoms. The molecule has 0 radical (unpaired) electrons. The van der Waals surface area contributed by atoms with Crippen molar-refractivity contribution in [2.45, 2.75) is 19.9 Å². The van der Waals surface area contributed by atoms with E-state index in [0.717, 1.165) is 15.8 Å². The smallest absolute Gasteiger partial charge is 0.223 e. The minimum atomic E-state index is 0.204. The summed E-state index contributed by atoms with van der Waals surface area (Å²) in [4.78, 5) is 11.5. The van der Waals surface area contributed by atoms with Gasteiger partial charge in [-0.15, -0.1) is 11.3 Å². The summed E-state index contributed by atoms with van der Waals surface area (Å²) in [6.45, 7) is 2.76. The molecule has 0 unspecified atom stereocenters. The van der Waals surface area contributed by atoms with Crippen LogP contribution in [0, 0.1) is 11.8 Å². The van der Waals surface area contributed by atoms with E-state index in [1.165, 1.54) is 0 Å². The SMILES string of the molecule is C[C@H]1C[C@H]1C(=O)NCc1ccsc1Br. The Hall–Kier alpha value is -0.350. The van der Waals surface area contributed by atoms with E-state index < -0.39 is 0 Å². The summed E-state index contributed by atoms with van der Waals surface area (Å²) in [6, 6.07) is 2.03. The minimum absolute atomic E-state index is 0.204. The Morgan fingerprint density at radius 1 is 1.79 bits per heavy atom. The molecule has 1 heterocycles. The first-order valence-electron chi connectivity index (χ1n) is 4.68. The van der Waals surface area contributed by atoms with Crippen molar-refractivity contribution < 1.29 is 4.79 Å². The molecule has 0 bridgehead atoms. The molecule has 4 heteroatoms. The van der Waals surface area contributed by atoms with E-state index in [0.29, 0.717) is 12.5 Å². The Bertz CT molecular complexity index is 350. The molecule has 76 valence electrons. The van der Waals surface area contributed by atoms with Gasteiger partial charge in [-0.3, -0.25) is 4.79 Å². The van der Waals surface area contributed by atoms with Gasteiger partial charge in [-0.1, -0.05) is 6.92 Å². The Morgan fingerprint density at radius 3 is 3.00 bits per heavy atom. The van der Waals surface area contributed by atoms with Crippen LogP contribution in [-0.4, -0.2) is 5.91 Å². The summed E-state index contributed by atoms with van der Waals surface area (Å²) in [5.74, 6) is 1.06. The molecule has 0 aromatic carbocycles. The topological polar surface area (TPSA) is 29.1 Å². The Kier molecular flexibility index (Phi) is 2.93. The molecule has 1 amide bonds. The standard InChI is InChI=1S/C10H12BrNOS/c1-6-4-8(6)10(13)12-5-7-2-3-14-9(7)11/h2-3,6,8H,4-5H2,1H3,(H,12,13)/t6-,8+/m0/s1. The van der Waals surface area contributed by atoms with Crippen LogP contribution in [0.4, 0.5) is 0 Å². The molecule has 1 aliphatic rings. The Morgan fingerprint density at radius 2 is 2.50 bits per heavy atom. The fourth-order valence-electron chi connectivity index (χ4n) is 1.45. The van der Waals surface area contributed by atoms with Crippen molar-refractivity contribution >= 4 is 33.2 Å².